The molecule has 0 aromatic heterocycles. The van der Waals surface area contributed by atoms with Gasteiger partial charge in [0.1, 0.15) is 0 Å². The summed E-state index contributed by atoms with van der Waals surface area (Å²) in [7, 11) is 1.03. The molecule has 0 spiro atoms. The second-order valence-electron chi connectivity index (χ2n) is 5.98. The summed E-state index contributed by atoms with van der Waals surface area (Å²) < 4.78 is 32.4. The smallest absolute Gasteiger partial charge is 0.274 e. The number of hydrogen-bond donors (Lipinski definition) is 3. The lowest BCUT2D eigenvalue weighted by molar-refractivity contribution is 0.0706. The maximum Gasteiger partial charge on any atom is 0.274 e. The van der Waals surface area contributed by atoms with Crippen molar-refractivity contribution in [3.05, 3.63) is 48.0 Å². The number of fused-ring (bicyclic) bond motifs is 1. The van der Waals surface area contributed by atoms with Gasteiger partial charge in [0.05, 0.1) is 22.0 Å². The van der Waals surface area contributed by atoms with Crippen molar-refractivity contribution in [2.24, 2.45) is 0 Å². The standard InChI is InChI=1S/C17H20N4O5S/c1-20-15-9-8-13(10-14(15)18-17(20)26-3)27(24,25)21(2)12-6-4-11(5-7-12)16(22)19-23/h4-10,17-18,23H,1-3H3,(H,19,22). The van der Waals surface area contributed by atoms with Crippen LogP contribution in [0.2, 0.25) is 0 Å². The van der Waals surface area contributed by atoms with Crippen LogP contribution in [0, 0.1) is 0 Å². The van der Waals surface area contributed by atoms with Gasteiger partial charge in [0, 0.05) is 26.8 Å². The molecule has 3 rings (SSSR count). The first-order chi connectivity index (χ1) is 12.8. The molecule has 1 unspecified atom stereocenters. The molecule has 0 saturated heterocycles. The summed E-state index contributed by atoms with van der Waals surface area (Å²) in [6, 6.07) is 10.6. The summed E-state index contributed by atoms with van der Waals surface area (Å²) >= 11 is 0. The Kier molecular flexibility index (Phi) is 4.96. The highest BCUT2D eigenvalue weighted by atomic mass is 32.2. The van der Waals surface area contributed by atoms with Crippen LogP contribution in [0.1, 0.15) is 10.4 Å². The van der Waals surface area contributed by atoms with E-state index in [2.05, 4.69) is 5.32 Å². The minimum absolute atomic E-state index is 0.124. The number of rotatable bonds is 5. The molecule has 144 valence electrons. The first-order valence-electron chi connectivity index (χ1n) is 7.99. The van der Waals surface area contributed by atoms with Crippen LogP contribution in [0.5, 0.6) is 0 Å². The number of ether oxygens (including phenoxy) is 1. The third kappa shape index (κ3) is 3.29. The lowest BCUT2D eigenvalue weighted by Crippen LogP contribution is -2.33. The molecule has 1 amide bonds. The molecule has 0 radical (unpaired) electrons. The topological polar surface area (TPSA) is 111 Å². The molecule has 3 N–H and O–H groups in total. The van der Waals surface area contributed by atoms with Gasteiger partial charge in [-0.25, -0.2) is 13.9 Å². The van der Waals surface area contributed by atoms with Crippen molar-refractivity contribution >= 4 is 33.0 Å². The van der Waals surface area contributed by atoms with Crippen LogP contribution in [0.25, 0.3) is 0 Å². The molecule has 1 heterocycles. The van der Waals surface area contributed by atoms with Gasteiger partial charge < -0.3 is 15.0 Å². The largest absolute Gasteiger partial charge is 0.344 e. The number of methoxy groups -OCH3 is 1. The zero-order chi connectivity index (χ0) is 19.8. The third-order valence-corrected chi connectivity index (χ3v) is 6.24. The van der Waals surface area contributed by atoms with Crippen molar-refractivity contribution in [1.29, 1.82) is 0 Å². The predicted molar refractivity (Wildman–Crippen MR) is 101 cm³/mol. The van der Waals surface area contributed by atoms with Crippen LogP contribution in [0.4, 0.5) is 17.1 Å². The number of anilines is 3. The molecule has 0 bridgehead atoms. The van der Waals surface area contributed by atoms with Crippen LogP contribution in [0.3, 0.4) is 0 Å². The van der Waals surface area contributed by atoms with Crippen molar-refractivity contribution < 1.29 is 23.2 Å². The normalized spacial score (nSPS) is 15.9. The number of hydrogen-bond acceptors (Lipinski definition) is 7. The maximum absolute atomic E-state index is 13.0. The first kappa shape index (κ1) is 19.0. The molecule has 1 aliphatic heterocycles. The molecule has 1 aliphatic rings. The number of nitrogens with one attached hydrogen (secondary N) is 2. The third-order valence-electron chi connectivity index (χ3n) is 4.46. The van der Waals surface area contributed by atoms with Crippen LogP contribution >= 0.6 is 0 Å². The highest BCUT2D eigenvalue weighted by molar-refractivity contribution is 7.92. The Morgan fingerprint density at radius 1 is 1.26 bits per heavy atom. The van der Waals surface area contributed by atoms with Gasteiger partial charge in [-0.1, -0.05) is 0 Å². The Morgan fingerprint density at radius 3 is 2.52 bits per heavy atom. The second-order valence-corrected chi connectivity index (χ2v) is 7.95. The van der Waals surface area contributed by atoms with Gasteiger partial charge in [-0.15, -0.1) is 0 Å². The molecule has 0 fully saturated rings. The van der Waals surface area contributed by atoms with Crippen molar-refractivity contribution in [2.75, 3.05) is 35.7 Å². The van der Waals surface area contributed by atoms with E-state index in [-0.39, 0.29) is 16.8 Å². The van der Waals surface area contributed by atoms with E-state index in [1.807, 2.05) is 11.9 Å². The monoisotopic (exact) mass is 392 g/mol. The van der Waals surface area contributed by atoms with Gasteiger partial charge in [0.25, 0.3) is 15.9 Å². The minimum atomic E-state index is -3.81. The van der Waals surface area contributed by atoms with Gasteiger partial charge in [-0.3, -0.25) is 14.3 Å². The van der Waals surface area contributed by atoms with E-state index in [1.54, 1.807) is 19.2 Å². The number of amides is 1. The van der Waals surface area contributed by atoms with E-state index in [9.17, 15) is 13.2 Å². The summed E-state index contributed by atoms with van der Waals surface area (Å²) in [6.07, 6.45) is -0.360. The summed E-state index contributed by atoms with van der Waals surface area (Å²) in [5.41, 5.74) is 3.62. The molecule has 9 nitrogen and oxygen atoms in total. The number of hydroxylamine groups is 1. The lowest BCUT2D eigenvalue weighted by Gasteiger charge is -2.20. The predicted octanol–water partition coefficient (Wildman–Crippen LogP) is 1.42. The van der Waals surface area contributed by atoms with Gasteiger partial charge in [-0.2, -0.15) is 0 Å². The van der Waals surface area contributed by atoms with Crippen LogP contribution < -0.4 is 20.0 Å². The van der Waals surface area contributed by atoms with Crippen molar-refractivity contribution in [3.8, 4) is 0 Å². The summed E-state index contributed by atoms with van der Waals surface area (Å²) in [5, 5.41) is 11.8. The van der Waals surface area contributed by atoms with Crippen LogP contribution in [0.15, 0.2) is 47.4 Å². The maximum atomic E-state index is 13.0. The van der Waals surface area contributed by atoms with E-state index >= 15 is 0 Å². The summed E-state index contributed by atoms with van der Waals surface area (Å²) in [6.45, 7) is 0. The molecule has 0 saturated carbocycles. The number of sulfonamides is 1. The molecule has 0 aliphatic carbocycles. The molecular formula is C17H20N4O5S. The molecular weight excluding hydrogens is 372 g/mol. The zero-order valence-electron chi connectivity index (χ0n) is 15.0. The van der Waals surface area contributed by atoms with Crippen LogP contribution in [-0.2, 0) is 14.8 Å². The average molecular weight is 392 g/mol. The zero-order valence-corrected chi connectivity index (χ0v) is 15.8. The van der Waals surface area contributed by atoms with E-state index in [0.29, 0.717) is 11.4 Å². The molecule has 1 atom stereocenters. The Bertz CT molecular complexity index is 962. The second kappa shape index (κ2) is 7.06. The molecule has 2 aromatic carbocycles. The van der Waals surface area contributed by atoms with Crippen molar-refractivity contribution in [1.82, 2.24) is 5.48 Å². The average Bonchev–Trinajstić information content (AvgIpc) is 3.02. The van der Waals surface area contributed by atoms with Crippen LogP contribution in [-0.4, -0.2) is 47.1 Å². The Balaban J connectivity index is 1.90. The molecule has 27 heavy (non-hydrogen) atoms. The van der Waals surface area contributed by atoms with Crippen molar-refractivity contribution in [2.45, 2.75) is 11.2 Å². The minimum Gasteiger partial charge on any atom is -0.344 e. The SMILES string of the molecule is COC1Nc2cc(S(=O)(=O)N(C)c3ccc(C(=O)NO)cc3)ccc2N1C. The fourth-order valence-electron chi connectivity index (χ4n) is 2.86. The van der Waals surface area contributed by atoms with Gasteiger partial charge in [-0.05, 0) is 42.5 Å². The molecule has 10 heteroatoms. The van der Waals surface area contributed by atoms with Gasteiger partial charge in [0.2, 0.25) is 6.35 Å². The van der Waals surface area contributed by atoms with Gasteiger partial charge >= 0.3 is 0 Å². The number of carbonyl (C=O) groups is 1. The quantitative estimate of drug-likeness (QED) is 0.521. The Morgan fingerprint density at radius 2 is 1.93 bits per heavy atom. The fraction of sp³-hybridized carbons (Fsp3) is 0.235. The Hall–Kier alpha value is -2.82. The highest BCUT2D eigenvalue weighted by Gasteiger charge is 2.29. The van der Waals surface area contributed by atoms with E-state index in [4.69, 9.17) is 9.94 Å². The fourth-order valence-corrected chi connectivity index (χ4v) is 4.08. The first-order valence-corrected chi connectivity index (χ1v) is 9.43. The molecule has 2 aromatic rings. The Labute approximate surface area is 157 Å². The summed E-state index contributed by atoms with van der Waals surface area (Å²) in [4.78, 5) is 13.4. The highest BCUT2D eigenvalue weighted by Crippen LogP contribution is 2.36. The van der Waals surface area contributed by atoms with E-state index in [1.165, 1.54) is 42.9 Å². The summed E-state index contributed by atoms with van der Waals surface area (Å²) in [5.74, 6) is -0.673. The number of nitrogens with zero attached hydrogens (tertiary/aromatic N) is 2. The lowest BCUT2D eigenvalue weighted by atomic mass is 10.2. The van der Waals surface area contributed by atoms with Crippen molar-refractivity contribution in [3.63, 3.8) is 0 Å². The van der Waals surface area contributed by atoms with Gasteiger partial charge in [0.15, 0.2) is 0 Å². The number of benzene rings is 2. The van der Waals surface area contributed by atoms with E-state index < -0.39 is 15.9 Å². The van der Waals surface area contributed by atoms with E-state index in [0.717, 1.165) is 9.99 Å². The number of carbonyl (C=O) groups excluding carboxylic acids is 1.